The van der Waals surface area contributed by atoms with Gasteiger partial charge in [-0.15, -0.1) is 15.3 Å². The van der Waals surface area contributed by atoms with Crippen LogP contribution in [0, 0.1) is 0 Å². The molecule has 0 heterocycles. The molecule has 0 aliphatic rings. The summed E-state index contributed by atoms with van der Waals surface area (Å²) in [5.41, 5.74) is 1.18. The summed E-state index contributed by atoms with van der Waals surface area (Å²) in [7, 11) is -6.33. The van der Waals surface area contributed by atoms with Gasteiger partial charge in [-0.2, -0.15) is 21.9 Å². The third kappa shape index (κ3) is 13.3. The number of methoxy groups -OCH3 is 2. The molecule has 0 saturated carbocycles. The number of phenols is 1. The van der Waals surface area contributed by atoms with Crippen LogP contribution in [0.1, 0.15) is 40.9 Å². The number of benzene rings is 8. The van der Waals surface area contributed by atoms with Gasteiger partial charge in [-0.1, -0.05) is 116 Å². The average Bonchev–Trinajstić information content (AvgIpc) is 3.38. The molecule has 0 bridgehead atoms. The Balaban J connectivity index is 0.000000241. The van der Waals surface area contributed by atoms with Crippen LogP contribution in [0.3, 0.4) is 0 Å². The molecule has 1 amide bonds. The fourth-order valence-electron chi connectivity index (χ4n) is 7.40. The standard InChI is InChI=1S/2C26H22ClN3O6S.Ba/c2*1-3-15-12-20(23(27)22(13-15)37(33,34)35)29-30-24-17-9-5-4-8-16(17)14-18(25(24)31)26(32)28-19-10-6-7-11-21(19)36-2;/h2*4-14,31H,3H2,1-2H3,(H,28,32)(H,33,34,35);/q;;+2/p-2. The number of aliphatic imine (C=N–C) groups is 1. The van der Waals surface area contributed by atoms with Gasteiger partial charge in [0.1, 0.15) is 44.0 Å². The van der Waals surface area contributed by atoms with Crippen molar-refractivity contribution in [3.8, 4) is 23.0 Å². The van der Waals surface area contributed by atoms with Crippen LogP contribution < -0.4 is 25.0 Å². The predicted molar refractivity (Wildman–Crippen MR) is 285 cm³/mol. The van der Waals surface area contributed by atoms with Gasteiger partial charge in [-0.05, 0) is 107 Å². The van der Waals surface area contributed by atoms with E-state index >= 15 is 0 Å². The molecule has 0 atom stereocenters. The van der Waals surface area contributed by atoms with Gasteiger partial charge in [0.2, 0.25) is 0 Å². The number of aryl methyl sites for hydroxylation is 2. The number of carbonyl (C=O) groups excluding carboxylic acids is 1. The Morgan fingerprint density at radius 1 is 0.613 bits per heavy atom. The number of hydrogen-bond acceptors (Lipinski definition) is 15. The van der Waals surface area contributed by atoms with Crippen LogP contribution >= 0.6 is 23.2 Å². The average molecular weight is 1220 g/mol. The van der Waals surface area contributed by atoms with Crippen LogP contribution in [0.2, 0.25) is 10.0 Å². The van der Waals surface area contributed by atoms with E-state index in [2.05, 4.69) is 30.8 Å². The molecule has 8 aromatic rings. The molecule has 0 saturated heterocycles. The molecule has 4 N–H and O–H groups in total. The number of phenolic OH excluding ortho intramolecular Hbond substituents is 1. The summed E-state index contributed by atoms with van der Waals surface area (Å²) in [6, 6.07) is 35.6. The summed E-state index contributed by atoms with van der Waals surface area (Å²) in [5, 5.41) is 58.0. The number of azo groups is 2. The second-order valence-corrected chi connectivity index (χ2v) is 19.4. The monoisotopic (exact) mass is 1210 g/mol. The summed E-state index contributed by atoms with van der Waals surface area (Å²) >= 11 is 12.4. The number of amides is 1. The van der Waals surface area contributed by atoms with Crippen molar-refractivity contribution in [2.75, 3.05) is 19.5 Å². The third-order valence-corrected chi connectivity index (χ3v) is 13.9. The minimum atomic E-state index is -4.63. The molecular weight excluding hydrogens is 1170 g/mol. The molecule has 75 heavy (non-hydrogen) atoms. The van der Waals surface area contributed by atoms with Crippen LogP contribution in [-0.2, 0) is 33.1 Å². The van der Waals surface area contributed by atoms with Crippen molar-refractivity contribution in [3.63, 3.8) is 0 Å². The maximum atomic E-state index is 13.4. The van der Waals surface area contributed by atoms with Crippen LogP contribution in [0.15, 0.2) is 169 Å². The minimum Gasteiger partial charge on any atom is -0.871 e. The van der Waals surface area contributed by atoms with Gasteiger partial charge in [0.05, 0.1) is 41.2 Å². The molecule has 0 aliphatic heterocycles. The van der Waals surface area contributed by atoms with Crippen LogP contribution in [0.25, 0.3) is 21.5 Å². The Bertz CT molecular complexity index is 3830. The van der Waals surface area contributed by atoms with Gasteiger partial charge in [0, 0.05) is 10.8 Å². The molecule has 0 aliphatic carbocycles. The first-order valence-electron chi connectivity index (χ1n) is 22.0. The number of fused-ring (bicyclic) bond motifs is 2. The summed E-state index contributed by atoms with van der Waals surface area (Å²) in [6.45, 7) is 3.57. The molecule has 0 unspecified atom stereocenters. The number of carbonyl (C=O) groups is 1. The number of nitrogens with zero attached hydrogens (tertiary/aromatic N) is 5. The molecule has 0 aromatic heterocycles. The maximum Gasteiger partial charge on any atom is 2.00 e. The third-order valence-electron chi connectivity index (χ3n) is 11.2. The first-order valence-corrected chi connectivity index (χ1v) is 25.7. The number of ether oxygens (including phenoxy) is 2. The van der Waals surface area contributed by atoms with Gasteiger partial charge in [0.25, 0.3) is 26.1 Å². The number of aromatic hydroxyl groups is 1. The summed E-state index contributed by atoms with van der Waals surface area (Å²) in [5.74, 6) is -1.75. The van der Waals surface area contributed by atoms with E-state index in [9.17, 15) is 46.1 Å². The van der Waals surface area contributed by atoms with Crippen molar-refractivity contribution in [2.45, 2.75) is 36.5 Å². The van der Waals surface area contributed by atoms with Crippen molar-refractivity contribution in [3.05, 3.63) is 166 Å². The quantitative estimate of drug-likeness (QED) is 0.0260. The molecule has 8 rings (SSSR count). The first kappa shape index (κ1) is 57.9. The van der Waals surface area contributed by atoms with Crippen LogP contribution in [0.5, 0.6) is 23.0 Å². The van der Waals surface area contributed by atoms with E-state index in [-0.39, 0.29) is 98.5 Å². The molecule has 0 radical (unpaired) electrons. The zero-order valence-electron chi connectivity index (χ0n) is 40.1. The maximum absolute atomic E-state index is 13.4. The van der Waals surface area contributed by atoms with E-state index in [0.29, 0.717) is 62.7 Å². The molecule has 18 nitrogen and oxygen atoms in total. The SMILES string of the molecule is CCc1cc(N=Nc2c(O)c(C(=O)Nc3ccccc3OC)cc3ccccc23)c(Cl)c(S(=O)(=O)O)c1.CCc1cc(N=Nc2c([O-])c(C([O-])=Nc3ccccc3OC)cc3ccccc23)c(Cl)c(S(=O)(=O)O)c1.[Ba+2]. The number of para-hydroxylation sites is 4. The number of anilines is 1. The summed E-state index contributed by atoms with van der Waals surface area (Å²) in [6.07, 6.45) is 0.862. The van der Waals surface area contributed by atoms with Crippen molar-refractivity contribution < 1.29 is 55.5 Å². The van der Waals surface area contributed by atoms with E-state index < -0.39 is 53.3 Å². The van der Waals surface area contributed by atoms with E-state index in [1.54, 1.807) is 111 Å². The number of hydrogen-bond donors (Lipinski definition) is 4. The van der Waals surface area contributed by atoms with E-state index in [4.69, 9.17) is 32.7 Å². The predicted octanol–water partition coefficient (Wildman–Crippen LogP) is 11.5. The number of halogens is 2. The smallest absolute Gasteiger partial charge is 0.871 e. The second kappa shape index (κ2) is 25.0. The van der Waals surface area contributed by atoms with Crippen molar-refractivity contribution >= 4 is 160 Å². The van der Waals surface area contributed by atoms with E-state index in [1.807, 2.05) is 0 Å². The number of nitrogens with one attached hydrogen (secondary N) is 1. The Morgan fingerprint density at radius 3 is 1.59 bits per heavy atom. The Hall–Kier alpha value is -6.41. The Kier molecular flexibility index (Phi) is 19.3. The normalized spacial score (nSPS) is 11.9. The largest absolute Gasteiger partial charge is 2.00 e. The minimum absolute atomic E-state index is 0. The molecule has 0 fully saturated rings. The van der Waals surface area contributed by atoms with Gasteiger partial charge in [-0.25, -0.2) is 0 Å². The van der Waals surface area contributed by atoms with Crippen molar-refractivity contribution in [1.82, 2.24) is 0 Å². The first-order chi connectivity index (χ1) is 35.3. The topological polar surface area (TPSA) is 284 Å². The zero-order chi connectivity index (χ0) is 53.5. The van der Waals surface area contributed by atoms with E-state index in [0.717, 1.165) is 0 Å². The van der Waals surface area contributed by atoms with Crippen molar-refractivity contribution in [1.29, 1.82) is 0 Å². The second-order valence-electron chi connectivity index (χ2n) is 15.8. The van der Waals surface area contributed by atoms with E-state index in [1.165, 1.54) is 50.6 Å². The summed E-state index contributed by atoms with van der Waals surface area (Å²) < 4.78 is 76.8. The van der Waals surface area contributed by atoms with Gasteiger partial charge in [0.15, 0.2) is 5.75 Å². The number of rotatable bonds is 14. The van der Waals surface area contributed by atoms with Crippen LogP contribution in [-0.4, -0.2) is 106 Å². The van der Waals surface area contributed by atoms with Gasteiger partial charge >= 0.3 is 48.9 Å². The Labute approximate surface area is 481 Å². The fourth-order valence-corrected chi connectivity index (χ4v) is 9.54. The molecule has 380 valence electrons. The molecule has 8 aromatic carbocycles. The molecular formula is C52H42BaCl2N6O12S2. The Morgan fingerprint density at radius 2 is 1.07 bits per heavy atom. The summed E-state index contributed by atoms with van der Waals surface area (Å²) in [4.78, 5) is 16.2. The fraction of sp³-hybridized carbons (Fsp3) is 0.115. The van der Waals surface area contributed by atoms with Gasteiger partial charge in [-0.3, -0.25) is 18.9 Å². The molecule has 0 spiro atoms. The van der Waals surface area contributed by atoms with Crippen molar-refractivity contribution in [2.24, 2.45) is 25.4 Å². The van der Waals surface area contributed by atoms with Gasteiger partial charge < -0.3 is 30.1 Å². The van der Waals surface area contributed by atoms with Crippen LogP contribution in [0.4, 0.5) is 34.1 Å². The molecule has 23 heteroatoms. The zero-order valence-corrected chi connectivity index (χ0v) is 47.7.